The van der Waals surface area contributed by atoms with E-state index in [0.29, 0.717) is 25.5 Å². The van der Waals surface area contributed by atoms with Crippen LogP contribution in [-0.2, 0) is 16.8 Å². The number of halogens is 2. The number of hydrogen-bond acceptors (Lipinski definition) is 5. The van der Waals surface area contributed by atoms with Crippen LogP contribution in [0, 0.1) is 5.92 Å². The van der Waals surface area contributed by atoms with Crippen molar-refractivity contribution in [1.29, 1.82) is 0 Å². The van der Waals surface area contributed by atoms with Crippen LogP contribution in [0.15, 0.2) is 12.1 Å². The minimum Gasteiger partial charge on any atom is -0.504 e. The van der Waals surface area contributed by atoms with E-state index >= 15 is 0 Å². The number of phenols is 2. The topological polar surface area (TPSA) is 87.7 Å². The number of benzene rings is 1. The monoisotopic (exact) mass is 350 g/mol. The molecule has 0 aliphatic carbocycles. The van der Waals surface area contributed by atoms with Crippen LogP contribution in [-0.4, -0.2) is 36.5 Å². The molecule has 2 atom stereocenters. The number of ether oxygens (including phenoxy) is 1. The number of hydrogen-bond donors (Lipinski definition) is 4. The molecule has 2 heterocycles. The highest BCUT2D eigenvalue weighted by molar-refractivity contribution is 5.85. The van der Waals surface area contributed by atoms with E-state index in [1.165, 1.54) is 6.07 Å². The Balaban J connectivity index is 0.00000121. The van der Waals surface area contributed by atoms with Crippen molar-refractivity contribution in [2.24, 2.45) is 11.7 Å². The molecule has 0 aromatic heterocycles. The molecule has 22 heavy (non-hydrogen) atoms. The van der Waals surface area contributed by atoms with Gasteiger partial charge in [-0.3, -0.25) is 0 Å². The maximum Gasteiger partial charge on any atom is 0.161 e. The minimum absolute atomic E-state index is 0. The van der Waals surface area contributed by atoms with Crippen molar-refractivity contribution in [3.05, 3.63) is 23.3 Å². The Hall–Kier alpha value is -0.720. The fraction of sp³-hybridized carbons (Fsp3) is 0.600. The molecule has 2 aliphatic rings. The zero-order valence-corrected chi connectivity index (χ0v) is 14.0. The number of rotatable bonds is 3. The van der Waals surface area contributed by atoms with Gasteiger partial charge in [-0.05, 0) is 49.9 Å². The van der Waals surface area contributed by atoms with Gasteiger partial charge < -0.3 is 26.0 Å². The lowest BCUT2D eigenvalue weighted by Gasteiger charge is -2.40. The van der Waals surface area contributed by atoms with Crippen LogP contribution in [0.25, 0.3) is 0 Å². The van der Waals surface area contributed by atoms with Gasteiger partial charge in [0, 0.05) is 12.1 Å². The summed E-state index contributed by atoms with van der Waals surface area (Å²) < 4.78 is 6.05. The molecule has 1 aromatic rings. The third kappa shape index (κ3) is 3.29. The first-order valence-electron chi connectivity index (χ1n) is 7.25. The van der Waals surface area contributed by atoms with Gasteiger partial charge in [0.1, 0.15) is 5.60 Å². The Bertz CT molecular complexity index is 510. The fourth-order valence-electron chi connectivity index (χ4n) is 3.51. The fourth-order valence-corrected chi connectivity index (χ4v) is 3.51. The first-order valence-corrected chi connectivity index (χ1v) is 7.25. The largest absolute Gasteiger partial charge is 0.504 e. The molecule has 0 bridgehead atoms. The summed E-state index contributed by atoms with van der Waals surface area (Å²) in [5, 5.41) is 23.1. The zero-order valence-electron chi connectivity index (χ0n) is 12.4. The van der Waals surface area contributed by atoms with Crippen molar-refractivity contribution in [2.45, 2.75) is 24.9 Å². The van der Waals surface area contributed by atoms with Gasteiger partial charge in [-0.25, -0.2) is 0 Å². The van der Waals surface area contributed by atoms with Crippen molar-refractivity contribution in [2.75, 3.05) is 26.2 Å². The molecule has 3 rings (SSSR count). The Morgan fingerprint density at radius 2 is 2.09 bits per heavy atom. The van der Waals surface area contributed by atoms with Gasteiger partial charge in [0.2, 0.25) is 0 Å². The predicted molar refractivity (Wildman–Crippen MR) is 90.2 cm³/mol. The average Bonchev–Trinajstić information content (AvgIpc) is 2.96. The summed E-state index contributed by atoms with van der Waals surface area (Å²) in [5.74, 6) is 0.452. The van der Waals surface area contributed by atoms with E-state index in [2.05, 4.69) is 5.32 Å². The standard InChI is InChI=1S/C15H22N2O3.2ClH/c16-9-15(7-10-3-5-17-8-10)12-1-2-13(18)14(19)11(12)4-6-20-15;;/h1-2,10,17-19H,3-9,16H2;2*1H. The number of aromatic hydroxyl groups is 2. The highest BCUT2D eigenvalue weighted by Gasteiger charge is 2.40. The smallest absolute Gasteiger partial charge is 0.161 e. The molecule has 5 N–H and O–H groups in total. The molecule has 0 amide bonds. The summed E-state index contributed by atoms with van der Waals surface area (Å²) in [7, 11) is 0. The van der Waals surface area contributed by atoms with E-state index in [1.807, 2.05) is 6.07 Å². The van der Waals surface area contributed by atoms with Crippen LogP contribution in [0.2, 0.25) is 0 Å². The molecule has 5 nitrogen and oxygen atoms in total. The van der Waals surface area contributed by atoms with E-state index in [4.69, 9.17) is 10.5 Å². The van der Waals surface area contributed by atoms with E-state index in [9.17, 15) is 10.2 Å². The SMILES string of the molecule is Cl.Cl.NCC1(CC2CCNC2)OCCc2c1ccc(O)c2O. The van der Waals surface area contributed by atoms with Crippen LogP contribution in [0.3, 0.4) is 0 Å². The normalized spacial score (nSPS) is 26.7. The van der Waals surface area contributed by atoms with Gasteiger partial charge in [-0.1, -0.05) is 6.07 Å². The quantitative estimate of drug-likeness (QED) is 0.623. The molecular formula is C15H24Cl2N2O3. The van der Waals surface area contributed by atoms with Crippen molar-refractivity contribution in [3.63, 3.8) is 0 Å². The molecule has 7 heteroatoms. The minimum atomic E-state index is -0.532. The highest BCUT2D eigenvalue weighted by atomic mass is 35.5. The highest BCUT2D eigenvalue weighted by Crippen LogP contribution is 2.44. The summed E-state index contributed by atoms with van der Waals surface area (Å²) in [6, 6.07) is 3.37. The van der Waals surface area contributed by atoms with Crippen LogP contribution < -0.4 is 11.1 Å². The first-order chi connectivity index (χ1) is 9.66. The Labute approximate surface area is 143 Å². The Morgan fingerprint density at radius 3 is 2.73 bits per heavy atom. The molecule has 0 radical (unpaired) electrons. The third-order valence-corrected chi connectivity index (χ3v) is 4.59. The van der Waals surface area contributed by atoms with E-state index in [0.717, 1.165) is 37.1 Å². The molecule has 1 fully saturated rings. The summed E-state index contributed by atoms with van der Waals surface area (Å²) in [6.45, 7) is 2.95. The van der Waals surface area contributed by atoms with E-state index in [1.54, 1.807) is 0 Å². The van der Waals surface area contributed by atoms with Crippen LogP contribution in [0.1, 0.15) is 24.0 Å². The molecule has 1 aromatic carbocycles. The number of phenolic OH excluding ortho intramolecular Hbond substituents is 2. The van der Waals surface area contributed by atoms with Crippen LogP contribution in [0.5, 0.6) is 11.5 Å². The molecular weight excluding hydrogens is 327 g/mol. The molecule has 126 valence electrons. The summed E-state index contributed by atoms with van der Waals surface area (Å²) >= 11 is 0. The van der Waals surface area contributed by atoms with Gasteiger partial charge in [-0.15, -0.1) is 24.8 Å². The van der Waals surface area contributed by atoms with Gasteiger partial charge in [-0.2, -0.15) is 0 Å². The maximum absolute atomic E-state index is 10.1. The maximum atomic E-state index is 10.1. The van der Waals surface area contributed by atoms with Gasteiger partial charge in [0.15, 0.2) is 11.5 Å². The summed E-state index contributed by atoms with van der Waals surface area (Å²) in [5.41, 5.74) is 7.22. The molecule has 1 saturated heterocycles. The second-order valence-corrected chi connectivity index (χ2v) is 5.82. The van der Waals surface area contributed by atoms with Gasteiger partial charge in [0.25, 0.3) is 0 Å². The number of fused-ring (bicyclic) bond motifs is 1. The van der Waals surface area contributed by atoms with E-state index in [-0.39, 0.29) is 36.3 Å². The summed E-state index contributed by atoms with van der Waals surface area (Å²) in [6.07, 6.45) is 2.60. The lowest BCUT2D eigenvalue weighted by molar-refractivity contribution is -0.0687. The molecule has 2 aliphatic heterocycles. The molecule has 0 spiro atoms. The third-order valence-electron chi connectivity index (χ3n) is 4.59. The second kappa shape index (κ2) is 7.70. The van der Waals surface area contributed by atoms with E-state index < -0.39 is 5.60 Å². The second-order valence-electron chi connectivity index (χ2n) is 5.82. The van der Waals surface area contributed by atoms with Crippen LogP contribution >= 0.6 is 24.8 Å². The first kappa shape index (κ1) is 19.3. The van der Waals surface area contributed by atoms with Gasteiger partial charge >= 0.3 is 0 Å². The Morgan fingerprint density at radius 1 is 1.32 bits per heavy atom. The number of nitrogens with one attached hydrogen (secondary N) is 1. The number of nitrogens with two attached hydrogens (primary N) is 1. The van der Waals surface area contributed by atoms with Gasteiger partial charge in [0.05, 0.1) is 6.61 Å². The van der Waals surface area contributed by atoms with Crippen LogP contribution in [0.4, 0.5) is 0 Å². The molecule has 0 saturated carbocycles. The van der Waals surface area contributed by atoms with Crippen molar-refractivity contribution < 1.29 is 14.9 Å². The predicted octanol–water partition coefficient (Wildman–Crippen LogP) is 1.67. The molecule has 2 unspecified atom stereocenters. The average molecular weight is 351 g/mol. The summed E-state index contributed by atoms with van der Waals surface area (Å²) in [4.78, 5) is 0. The van der Waals surface area contributed by atoms with Crippen molar-refractivity contribution in [1.82, 2.24) is 5.32 Å². The van der Waals surface area contributed by atoms with Crippen molar-refractivity contribution >= 4 is 24.8 Å². The lowest BCUT2D eigenvalue weighted by atomic mass is 9.79. The van der Waals surface area contributed by atoms with Crippen molar-refractivity contribution in [3.8, 4) is 11.5 Å². The lowest BCUT2D eigenvalue weighted by Crippen LogP contribution is -2.44. The Kier molecular flexibility index (Phi) is 6.77. The zero-order chi connectivity index (χ0) is 14.2.